The third-order valence-electron chi connectivity index (χ3n) is 3.18. The minimum atomic E-state index is -0.369. The second kappa shape index (κ2) is 7.62. The summed E-state index contributed by atoms with van der Waals surface area (Å²) < 4.78 is 5.26. The van der Waals surface area contributed by atoms with Gasteiger partial charge in [0.25, 0.3) is 5.91 Å². The van der Waals surface area contributed by atoms with Gasteiger partial charge in [0.1, 0.15) is 0 Å². The standard InChI is InChI=1S/C14H19N3O3/c18-14(13(16-19)12-4-2-1-3-5-12)15-6-7-17-8-10-20-11-9-17/h1-5,19H,6-11H2,(H,15,18). The Morgan fingerprint density at radius 1 is 1.30 bits per heavy atom. The van der Waals surface area contributed by atoms with Gasteiger partial charge in [-0.3, -0.25) is 9.69 Å². The van der Waals surface area contributed by atoms with Crippen LogP contribution in [0.1, 0.15) is 5.56 Å². The fourth-order valence-corrected chi connectivity index (χ4v) is 2.07. The number of carbonyl (C=O) groups is 1. The molecule has 0 aliphatic carbocycles. The monoisotopic (exact) mass is 277 g/mol. The van der Waals surface area contributed by atoms with E-state index in [-0.39, 0.29) is 11.6 Å². The summed E-state index contributed by atoms with van der Waals surface area (Å²) in [5.41, 5.74) is 0.631. The SMILES string of the molecule is O=C(NCCN1CCOCC1)C(=NO)c1ccccc1. The van der Waals surface area contributed by atoms with Gasteiger partial charge in [-0.1, -0.05) is 35.5 Å². The zero-order valence-electron chi connectivity index (χ0n) is 11.3. The molecule has 1 fully saturated rings. The number of benzene rings is 1. The molecule has 1 aliphatic rings. The molecule has 2 N–H and O–H groups in total. The molecule has 1 amide bonds. The van der Waals surface area contributed by atoms with Crippen molar-refractivity contribution in [1.29, 1.82) is 0 Å². The Balaban J connectivity index is 1.81. The highest BCUT2D eigenvalue weighted by molar-refractivity contribution is 6.45. The molecule has 6 nitrogen and oxygen atoms in total. The molecule has 1 saturated heterocycles. The molecule has 0 radical (unpaired) electrons. The molecule has 1 heterocycles. The van der Waals surface area contributed by atoms with Gasteiger partial charge < -0.3 is 15.3 Å². The minimum Gasteiger partial charge on any atom is -0.410 e. The summed E-state index contributed by atoms with van der Waals surface area (Å²) >= 11 is 0. The minimum absolute atomic E-state index is 0.0348. The Morgan fingerprint density at radius 3 is 2.65 bits per heavy atom. The molecule has 0 saturated carbocycles. The fraction of sp³-hybridized carbons (Fsp3) is 0.429. The van der Waals surface area contributed by atoms with Gasteiger partial charge >= 0.3 is 0 Å². The third-order valence-corrected chi connectivity index (χ3v) is 3.18. The quantitative estimate of drug-likeness (QED) is 0.461. The third kappa shape index (κ3) is 4.04. The van der Waals surface area contributed by atoms with E-state index >= 15 is 0 Å². The van der Waals surface area contributed by atoms with Crippen LogP contribution in [0, 0.1) is 0 Å². The lowest BCUT2D eigenvalue weighted by atomic mass is 10.1. The van der Waals surface area contributed by atoms with Gasteiger partial charge in [-0.05, 0) is 0 Å². The van der Waals surface area contributed by atoms with Gasteiger partial charge in [0.05, 0.1) is 13.2 Å². The van der Waals surface area contributed by atoms with Crippen LogP contribution in [-0.2, 0) is 9.53 Å². The largest absolute Gasteiger partial charge is 0.410 e. The van der Waals surface area contributed by atoms with Gasteiger partial charge in [-0.15, -0.1) is 0 Å². The highest BCUT2D eigenvalue weighted by atomic mass is 16.5. The van der Waals surface area contributed by atoms with Crippen molar-refractivity contribution >= 4 is 11.6 Å². The first-order chi connectivity index (χ1) is 9.81. The molecule has 108 valence electrons. The van der Waals surface area contributed by atoms with E-state index in [4.69, 9.17) is 9.94 Å². The number of ether oxygens (including phenoxy) is 1. The van der Waals surface area contributed by atoms with Gasteiger partial charge in [-0.25, -0.2) is 0 Å². The molecule has 20 heavy (non-hydrogen) atoms. The van der Waals surface area contributed by atoms with E-state index in [1.807, 2.05) is 6.07 Å². The number of hydrogen-bond donors (Lipinski definition) is 2. The molecule has 0 atom stereocenters. The Morgan fingerprint density at radius 2 is 2.00 bits per heavy atom. The average molecular weight is 277 g/mol. The van der Waals surface area contributed by atoms with Crippen molar-refractivity contribution in [2.24, 2.45) is 5.16 Å². The summed E-state index contributed by atoms with van der Waals surface area (Å²) in [7, 11) is 0. The van der Waals surface area contributed by atoms with E-state index in [1.54, 1.807) is 24.3 Å². The topological polar surface area (TPSA) is 74.2 Å². The van der Waals surface area contributed by atoms with Crippen LogP contribution in [0.3, 0.4) is 0 Å². The maximum atomic E-state index is 12.0. The Labute approximate surface area is 118 Å². The lowest BCUT2D eigenvalue weighted by molar-refractivity contribution is -0.114. The summed E-state index contributed by atoms with van der Waals surface area (Å²) in [6, 6.07) is 8.89. The van der Waals surface area contributed by atoms with E-state index < -0.39 is 0 Å². The molecular weight excluding hydrogens is 258 g/mol. The summed E-state index contributed by atoms with van der Waals surface area (Å²) in [4.78, 5) is 14.2. The van der Waals surface area contributed by atoms with Gasteiger partial charge in [0.15, 0.2) is 5.71 Å². The highest BCUT2D eigenvalue weighted by Crippen LogP contribution is 2.01. The molecule has 0 aromatic heterocycles. The van der Waals surface area contributed by atoms with Crippen molar-refractivity contribution in [3.05, 3.63) is 35.9 Å². The van der Waals surface area contributed by atoms with Crippen LogP contribution in [0.15, 0.2) is 35.5 Å². The second-order valence-corrected chi connectivity index (χ2v) is 4.52. The first kappa shape index (κ1) is 14.5. The van der Waals surface area contributed by atoms with Crippen molar-refractivity contribution in [1.82, 2.24) is 10.2 Å². The predicted octanol–water partition coefficient (Wildman–Crippen LogP) is 0.313. The number of oxime groups is 1. The Hall–Kier alpha value is -1.92. The molecule has 2 rings (SSSR count). The number of nitrogens with zero attached hydrogens (tertiary/aromatic N) is 2. The molecular formula is C14H19N3O3. The van der Waals surface area contributed by atoms with Crippen LogP contribution >= 0.6 is 0 Å². The molecule has 0 spiro atoms. The van der Waals surface area contributed by atoms with Crippen LogP contribution in [-0.4, -0.2) is 61.1 Å². The first-order valence-corrected chi connectivity index (χ1v) is 6.67. The smallest absolute Gasteiger partial charge is 0.273 e. The number of nitrogens with one attached hydrogen (secondary N) is 1. The predicted molar refractivity (Wildman–Crippen MR) is 75.0 cm³/mol. The number of carbonyl (C=O) groups excluding carboxylic acids is 1. The van der Waals surface area contributed by atoms with Gasteiger partial charge in [0.2, 0.25) is 0 Å². The van der Waals surface area contributed by atoms with Crippen LogP contribution in [0.2, 0.25) is 0 Å². The maximum absolute atomic E-state index is 12.0. The lowest BCUT2D eigenvalue weighted by Crippen LogP contribution is -2.42. The van der Waals surface area contributed by atoms with Crippen LogP contribution in [0.25, 0.3) is 0 Å². The zero-order valence-corrected chi connectivity index (χ0v) is 11.3. The summed E-state index contributed by atoms with van der Waals surface area (Å²) in [6.07, 6.45) is 0. The van der Waals surface area contributed by atoms with E-state index in [9.17, 15) is 4.79 Å². The molecule has 1 aromatic carbocycles. The van der Waals surface area contributed by atoms with Crippen LogP contribution in [0.5, 0.6) is 0 Å². The number of hydrogen-bond acceptors (Lipinski definition) is 5. The highest BCUT2D eigenvalue weighted by Gasteiger charge is 2.15. The average Bonchev–Trinajstić information content (AvgIpc) is 2.50. The second-order valence-electron chi connectivity index (χ2n) is 4.52. The van der Waals surface area contributed by atoms with Crippen molar-refractivity contribution in [3.8, 4) is 0 Å². The lowest BCUT2D eigenvalue weighted by Gasteiger charge is -2.26. The van der Waals surface area contributed by atoms with E-state index in [0.29, 0.717) is 12.1 Å². The molecule has 1 aliphatic heterocycles. The van der Waals surface area contributed by atoms with E-state index in [0.717, 1.165) is 32.8 Å². The summed E-state index contributed by atoms with van der Waals surface area (Å²) in [6.45, 7) is 4.53. The van der Waals surface area contributed by atoms with Gasteiger partial charge in [-0.2, -0.15) is 0 Å². The van der Waals surface area contributed by atoms with Crippen molar-refractivity contribution in [2.45, 2.75) is 0 Å². The Kier molecular flexibility index (Phi) is 5.52. The van der Waals surface area contributed by atoms with Gasteiger partial charge in [0, 0.05) is 31.7 Å². The maximum Gasteiger partial charge on any atom is 0.273 e. The molecule has 0 unspecified atom stereocenters. The van der Waals surface area contributed by atoms with Crippen molar-refractivity contribution < 1.29 is 14.7 Å². The van der Waals surface area contributed by atoms with Crippen LogP contribution < -0.4 is 5.32 Å². The summed E-state index contributed by atoms with van der Waals surface area (Å²) in [5, 5.41) is 14.9. The Bertz CT molecular complexity index is 456. The molecule has 0 bridgehead atoms. The normalized spacial score (nSPS) is 16.9. The fourth-order valence-electron chi connectivity index (χ4n) is 2.07. The van der Waals surface area contributed by atoms with E-state index in [2.05, 4.69) is 15.4 Å². The number of amides is 1. The summed E-state index contributed by atoms with van der Waals surface area (Å²) in [5.74, 6) is -0.369. The van der Waals surface area contributed by atoms with E-state index in [1.165, 1.54) is 0 Å². The number of morpholine rings is 1. The number of rotatable bonds is 5. The molecule has 6 heteroatoms. The van der Waals surface area contributed by atoms with Crippen molar-refractivity contribution in [3.63, 3.8) is 0 Å². The first-order valence-electron chi connectivity index (χ1n) is 6.67. The molecule has 1 aromatic rings. The zero-order chi connectivity index (χ0) is 14.2. The van der Waals surface area contributed by atoms with Crippen molar-refractivity contribution in [2.75, 3.05) is 39.4 Å². The van der Waals surface area contributed by atoms with Crippen LogP contribution in [0.4, 0.5) is 0 Å².